The van der Waals surface area contributed by atoms with E-state index in [1.165, 1.54) is 0 Å². The highest BCUT2D eigenvalue weighted by molar-refractivity contribution is 6.05. The normalized spacial score (nSPS) is 18.7. The summed E-state index contributed by atoms with van der Waals surface area (Å²) in [6.07, 6.45) is -4.50. The minimum absolute atomic E-state index is 0.637. The van der Waals surface area contributed by atoms with Gasteiger partial charge in [0.25, 0.3) is 0 Å². The summed E-state index contributed by atoms with van der Waals surface area (Å²) in [4.78, 5) is 12.7. The Labute approximate surface area is 53.9 Å². The molecule has 0 atom stereocenters. The van der Waals surface area contributed by atoms with Crippen molar-refractivity contribution in [3.05, 3.63) is 0 Å². The van der Waals surface area contributed by atoms with Gasteiger partial charge in [-0.15, -0.1) is 0 Å². The molecule has 0 unspecified atom stereocenters. The number of alkyl halides is 3. The number of urea groups is 1. The summed E-state index contributed by atoms with van der Waals surface area (Å²) >= 11 is 0. The number of carbonyl (C=O) groups excluding carboxylic acids is 1. The quantitative estimate of drug-likeness (QED) is 0.503. The SMILES string of the molecule is O=C1[N]CC(C(F)(F)F)=N1. The first-order valence-corrected chi connectivity index (χ1v) is 2.36. The molecule has 0 aromatic heterocycles. The van der Waals surface area contributed by atoms with Gasteiger partial charge in [-0.2, -0.15) is 18.2 Å². The van der Waals surface area contributed by atoms with Crippen LogP contribution in [-0.4, -0.2) is 24.5 Å². The van der Waals surface area contributed by atoms with Crippen LogP contribution in [0.3, 0.4) is 0 Å². The van der Waals surface area contributed by atoms with Crippen molar-refractivity contribution in [3.8, 4) is 0 Å². The van der Waals surface area contributed by atoms with Gasteiger partial charge in [0.15, 0.2) is 0 Å². The van der Waals surface area contributed by atoms with Crippen molar-refractivity contribution >= 4 is 11.7 Å². The first-order chi connectivity index (χ1) is 4.50. The van der Waals surface area contributed by atoms with E-state index in [1.54, 1.807) is 0 Å². The summed E-state index contributed by atoms with van der Waals surface area (Å²) in [5.41, 5.74) is -1.11. The Bertz CT molecular complexity index is 195. The number of aliphatic imine (C=N–C) groups is 1. The van der Waals surface area contributed by atoms with E-state index in [1.807, 2.05) is 0 Å². The third-order valence-corrected chi connectivity index (χ3v) is 0.922. The second kappa shape index (κ2) is 1.96. The van der Waals surface area contributed by atoms with E-state index in [4.69, 9.17) is 0 Å². The molecular formula is C4H2F3N2O. The predicted molar refractivity (Wildman–Crippen MR) is 25.9 cm³/mol. The lowest BCUT2D eigenvalue weighted by atomic mass is 10.4. The Kier molecular flexibility index (Phi) is 1.38. The summed E-state index contributed by atoms with van der Waals surface area (Å²) < 4.78 is 34.8. The van der Waals surface area contributed by atoms with Crippen LogP contribution in [0.25, 0.3) is 0 Å². The Balaban J connectivity index is 2.76. The molecule has 0 bridgehead atoms. The fraction of sp³-hybridized carbons (Fsp3) is 0.500. The molecule has 3 nitrogen and oxygen atoms in total. The van der Waals surface area contributed by atoms with E-state index in [0.29, 0.717) is 0 Å². The van der Waals surface area contributed by atoms with Gasteiger partial charge in [0.1, 0.15) is 5.71 Å². The average Bonchev–Trinajstić information content (AvgIpc) is 2.11. The standard InChI is InChI=1S/C4H2F3N2O/c5-4(6,7)2-1-8-3(10)9-2/h1H2. The molecule has 0 spiro atoms. The van der Waals surface area contributed by atoms with E-state index in [-0.39, 0.29) is 0 Å². The molecular weight excluding hydrogens is 149 g/mol. The van der Waals surface area contributed by atoms with Crippen molar-refractivity contribution in [2.75, 3.05) is 6.54 Å². The van der Waals surface area contributed by atoms with Crippen molar-refractivity contribution in [2.24, 2.45) is 4.99 Å². The van der Waals surface area contributed by atoms with E-state index in [0.717, 1.165) is 0 Å². The number of rotatable bonds is 0. The van der Waals surface area contributed by atoms with Crippen LogP contribution in [0, 0.1) is 0 Å². The van der Waals surface area contributed by atoms with Crippen molar-refractivity contribution in [3.63, 3.8) is 0 Å². The fourth-order valence-corrected chi connectivity index (χ4v) is 0.482. The van der Waals surface area contributed by atoms with Gasteiger partial charge < -0.3 is 0 Å². The maximum absolute atomic E-state index is 11.6. The minimum atomic E-state index is -4.50. The van der Waals surface area contributed by atoms with E-state index >= 15 is 0 Å². The van der Waals surface area contributed by atoms with Crippen LogP contribution in [0.4, 0.5) is 18.0 Å². The van der Waals surface area contributed by atoms with Crippen molar-refractivity contribution < 1.29 is 18.0 Å². The molecule has 1 radical (unpaired) electrons. The van der Waals surface area contributed by atoms with E-state index in [2.05, 4.69) is 10.3 Å². The monoisotopic (exact) mass is 151 g/mol. The van der Waals surface area contributed by atoms with Crippen LogP contribution >= 0.6 is 0 Å². The molecule has 10 heavy (non-hydrogen) atoms. The second-order valence-corrected chi connectivity index (χ2v) is 1.66. The van der Waals surface area contributed by atoms with Gasteiger partial charge in [0.05, 0.1) is 6.54 Å². The third kappa shape index (κ3) is 1.26. The van der Waals surface area contributed by atoms with Crippen molar-refractivity contribution in [2.45, 2.75) is 6.18 Å². The Morgan fingerprint density at radius 2 is 2.00 bits per heavy atom. The summed E-state index contributed by atoms with van der Waals surface area (Å²) in [5.74, 6) is 0. The highest BCUT2D eigenvalue weighted by Crippen LogP contribution is 2.19. The number of halogens is 3. The van der Waals surface area contributed by atoms with Crippen LogP contribution in [0.15, 0.2) is 4.99 Å². The average molecular weight is 151 g/mol. The summed E-state index contributed by atoms with van der Waals surface area (Å²) in [6.45, 7) is -0.637. The number of hydrogen-bond donors (Lipinski definition) is 0. The molecule has 0 aliphatic carbocycles. The largest absolute Gasteiger partial charge is 0.431 e. The van der Waals surface area contributed by atoms with Gasteiger partial charge >= 0.3 is 12.2 Å². The Morgan fingerprint density at radius 3 is 2.20 bits per heavy atom. The summed E-state index contributed by atoms with van der Waals surface area (Å²) in [7, 11) is 0. The molecule has 1 aliphatic rings. The van der Waals surface area contributed by atoms with Crippen LogP contribution in [0.1, 0.15) is 0 Å². The molecule has 0 N–H and O–H groups in total. The highest BCUT2D eigenvalue weighted by atomic mass is 19.4. The topological polar surface area (TPSA) is 43.5 Å². The molecule has 0 saturated heterocycles. The molecule has 2 amide bonds. The lowest BCUT2D eigenvalue weighted by molar-refractivity contribution is -0.0593. The smallest absolute Gasteiger partial charge is 0.244 e. The van der Waals surface area contributed by atoms with Crippen LogP contribution < -0.4 is 5.32 Å². The van der Waals surface area contributed by atoms with Crippen molar-refractivity contribution in [1.29, 1.82) is 0 Å². The molecule has 55 valence electrons. The van der Waals surface area contributed by atoms with Gasteiger partial charge in [-0.25, -0.2) is 10.1 Å². The van der Waals surface area contributed by atoms with Crippen LogP contribution in [0.5, 0.6) is 0 Å². The van der Waals surface area contributed by atoms with E-state index < -0.39 is 24.5 Å². The lowest BCUT2D eigenvalue weighted by Crippen LogP contribution is -2.25. The molecule has 0 aromatic rings. The zero-order chi connectivity index (χ0) is 7.78. The maximum Gasteiger partial charge on any atom is 0.431 e. The van der Waals surface area contributed by atoms with E-state index in [9.17, 15) is 18.0 Å². The van der Waals surface area contributed by atoms with Gasteiger partial charge in [-0.1, -0.05) is 0 Å². The van der Waals surface area contributed by atoms with Crippen molar-refractivity contribution in [1.82, 2.24) is 5.32 Å². The molecule has 0 fully saturated rings. The molecule has 6 heteroatoms. The van der Waals surface area contributed by atoms with Gasteiger partial charge in [-0.05, 0) is 0 Å². The molecule has 1 aliphatic heterocycles. The molecule has 0 saturated carbocycles. The van der Waals surface area contributed by atoms with Gasteiger partial charge in [0.2, 0.25) is 0 Å². The molecule has 0 aromatic carbocycles. The third-order valence-electron chi connectivity index (χ3n) is 0.922. The van der Waals surface area contributed by atoms with Gasteiger partial charge in [-0.3, -0.25) is 0 Å². The molecule has 1 rings (SSSR count). The Morgan fingerprint density at radius 1 is 1.40 bits per heavy atom. The maximum atomic E-state index is 11.6. The van der Waals surface area contributed by atoms with Gasteiger partial charge in [0, 0.05) is 0 Å². The first kappa shape index (κ1) is 7.04. The zero-order valence-corrected chi connectivity index (χ0v) is 4.64. The number of hydrogen-bond acceptors (Lipinski definition) is 1. The number of nitrogens with zero attached hydrogens (tertiary/aromatic N) is 2. The summed E-state index contributed by atoms with van der Waals surface area (Å²) in [5, 5.41) is 2.92. The van der Waals surface area contributed by atoms with Crippen LogP contribution in [0.2, 0.25) is 0 Å². The minimum Gasteiger partial charge on any atom is -0.244 e. The fourth-order valence-electron chi connectivity index (χ4n) is 0.482. The number of amides is 2. The predicted octanol–water partition coefficient (Wildman–Crippen LogP) is 0.728. The molecule has 1 heterocycles. The zero-order valence-electron chi connectivity index (χ0n) is 4.64. The van der Waals surface area contributed by atoms with Crippen LogP contribution in [-0.2, 0) is 0 Å². The summed E-state index contributed by atoms with van der Waals surface area (Å²) in [6, 6.07) is -1.05. The second-order valence-electron chi connectivity index (χ2n) is 1.66. The highest BCUT2D eigenvalue weighted by Gasteiger charge is 2.39. The Hall–Kier alpha value is -1.07. The first-order valence-electron chi connectivity index (χ1n) is 2.36. The number of carbonyl (C=O) groups is 1. The lowest BCUT2D eigenvalue weighted by Gasteiger charge is -2.01.